The molecule has 1 saturated heterocycles. The molecule has 0 aliphatic carbocycles. The third-order valence-electron chi connectivity index (χ3n) is 3.74. The minimum atomic E-state index is -0.580. The molecule has 1 N–H and O–H groups in total. The van der Waals surface area contributed by atoms with Gasteiger partial charge >= 0.3 is 0 Å². The first-order valence-corrected chi connectivity index (χ1v) is 8.48. The molecule has 1 aliphatic rings. The fourth-order valence-corrected chi connectivity index (χ4v) is 3.60. The summed E-state index contributed by atoms with van der Waals surface area (Å²) in [7, 11) is 1.41. The van der Waals surface area contributed by atoms with Gasteiger partial charge in [-0.15, -0.1) is 0 Å². The van der Waals surface area contributed by atoms with E-state index in [9.17, 15) is 4.21 Å². The summed E-state index contributed by atoms with van der Waals surface area (Å²) in [6, 6.07) is 8.93. The van der Waals surface area contributed by atoms with E-state index in [0.717, 1.165) is 37.7 Å². The van der Waals surface area contributed by atoms with Gasteiger partial charge in [0.1, 0.15) is 0 Å². The topological polar surface area (TPSA) is 32.3 Å². The lowest BCUT2D eigenvalue weighted by atomic mass is 10.00. The molecule has 1 heterocycles. The van der Waals surface area contributed by atoms with Gasteiger partial charge in [0.2, 0.25) is 0 Å². The van der Waals surface area contributed by atoms with Crippen LogP contribution in [0.2, 0.25) is 0 Å². The summed E-state index contributed by atoms with van der Waals surface area (Å²) in [6.07, 6.45) is 0. The first-order chi connectivity index (χ1) is 9.19. The monoisotopic (exact) mass is 280 g/mol. The molecular weight excluding hydrogens is 256 g/mol. The van der Waals surface area contributed by atoms with E-state index in [1.54, 1.807) is 0 Å². The normalized spacial score (nSPS) is 19.5. The van der Waals surface area contributed by atoms with Gasteiger partial charge in [-0.05, 0) is 24.1 Å². The Bertz CT molecular complexity index is 409. The second-order valence-corrected chi connectivity index (χ2v) is 7.02. The lowest BCUT2D eigenvalue weighted by Gasteiger charge is -2.26. The van der Waals surface area contributed by atoms with Crippen LogP contribution in [0.1, 0.15) is 24.0 Å². The Balaban J connectivity index is 1.89. The number of likely N-dealkylation sites (N-methyl/N-ethyl adjacent to an activating group) is 1. The highest BCUT2D eigenvalue weighted by Crippen LogP contribution is 2.16. The Kier molecular flexibility index (Phi) is 5.55. The molecule has 1 fully saturated rings. The molecule has 0 spiro atoms. The molecule has 0 bridgehead atoms. The highest BCUT2D eigenvalue weighted by Gasteiger charge is 2.15. The van der Waals surface area contributed by atoms with Crippen molar-refractivity contribution in [2.45, 2.75) is 19.4 Å². The Morgan fingerprint density at radius 1 is 1.26 bits per heavy atom. The molecule has 1 atom stereocenters. The molecule has 106 valence electrons. The zero-order valence-electron chi connectivity index (χ0n) is 11.9. The van der Waals surface area contributed by atoms with E-state index in [1.165, 1.54) is 11.1 Å². The molecule has 3 nitrogen and oxygen atoms in total. The van der Waals surface area contributed by atoms with Crippen LogP contribution < -0.4 is 5.32 Å². The van der Waals surface area contributed by atoms with E-state index in [1.807, 2.05) is 7.05 Å². The first kappa shape index (κ1) is 14.7. The van der Waals surface area contributed by atoms with Crippen LogP contribution in [0, 0.1) is 0 Å². The molecule has 0 radical (unpaired) electrons. The molecule has 1 unspecified atom stereocenters. The smallest absolute Gasteiger partial charge is 0.0363 e. The van der Waals surface area contributed by atoms with E-state index < -0.39 is 10.8 Å². The Morgan fingerprint density at radius 3 is 2.47 bits per heavy atom. The molecule has 0 amide bonds. The average molecular weight is 280 g/mol. The number of rotatable bonds is 5. The summed E-state index contributed by atoms with van der Waals surface area (Å²) in [5.74, 6) is 2.21. The maximum absolute atomic E-state index is 11.3. The van der Waals surface area contributed by atoms with Crippen molar-refractivity contribution in [3.8, 4) is 0 Å². The maximum Gasteiger partial charge on any atom is 0.0363 e. The van der Waals surface area contributed by atoms with Crippen molar-refractivity contribution >= 4 is 10.8 Å². The van der Waals surface area contributed by atoms with E-state index >= 15 is 0 Å². The lowest BCUT2D eigenvalue weighted by Crippen LogP contribution is -2.37. The van der Waals surface area contributed by atoms with Crippen molar-refractivity contribution in [2.24, 2.45) is 0 Å². The second kappa shape index (κ2) is 7.17. The Labute approximate surface area is 118 Å². The summed E-state index contributed by atoms with van der Waals surface area (Å²) in [5, 5.41) is 3.21. The predicted octanol–water partition coefficient (Wildman–Crippen LogP) is 1.57. The van der Waals surface area contributed by atoms with Gasteiger partial charge in [0.25, 0.3) is 0 Å². The first-order valence-electron chi connectivity index (χ1n) is 7.00. The second-order valence-electron chi connectivity index (χ2n) is 5.32. The van der Waals surface area contributed by atoms with Crippen LogP contribution in [-0.2, 0) is 17.3 Å². The minimum absolute atomic E-state index is 0.552. The van der Waals surface area contributed by atoms with Crippen molar-refractivity contribution in [3.63, 3.8) is 0 Å². The van der Waals surface area contributed by atoms with E-state index in [2.05, 4.69) is 41.4 Å². The van der Waals surface area contributed by atoms with Gasteiger partial charge < -0.3 is 5.32 Å². The zero-order chi connectivity index (χ0) is 13.7. The fourth-order valence-electron chi connectivity index (χ4n) is 2.47. The van der Waals surface area contributed by atoms with E-state index in [0.29, 0.717) is 5.92 Å². The van der Waals surface area contributed by atoms with Crippen LogP contribution in [0.25, 0.3) is 0 Å². The standard InChI is InChI=1S/C15H24N2OS/c1-13(11-16-2)15-5-3-14(4-6-15)12-17-7-9-19(18)10-8-17/h3-6,13,16H,7-12H2,1-2H3. The third-order valence-corrected chi connectivity index (χ3v) is 5.01. The van der Waals surface area contributed by atoms with Gasteiger partial charge in [0, 0.05) is 48.5 Å². The summed E-state index contributed by atoms with van der Waals surface area (Å²) in [6.45, 7) is 6.16. The predicted molar refractivity (Wildman–Crippen MR) is 81.9 cm³/mol. The molecule has 0 saturated carbocycles. The molecule has 4 heteroatoms. The van der Waals surface area contributed by atoms with Crippen LogP contribution >= 0.6 is 0 Å². The summed E-state index contributed by atoms with van der Waals surface area (Å²) >= 11 is 0. The van der Waals surface area contributed by atoms with Crippen LogP contribution in [0.4, 0.5) is 0 Å². The fraction of sp³-hybridized carbons (Fsp3) is 0.600. The molecule has 19 heavy (non-hydrogen) atoms. The minimum Gasteiger partial charge on any atom is -0.319 e. The summed E-state index contributed by atoms with van der Waals surface area (Å²) in [4.78, 5) is 2.40. The highest BCUT2D eigenvalue weighted by molar-refractivity contribution is 7.85. The average Bonchev–Trinajstić information content (AvgIpc) is 2.42. The SMILES string of the molecule is CNCC(C)c1ccc(CN2CCS(=O)CC2)cc1. The third kappa shape index (κ3) is 4.41. The molecule has 1 aromatic rings. The van der Waals surface area contributed by atoms with Crippen LogP contribution in [0.3, 0.4) is 0 Å². The number of nitrogens with one attached hydrogen (secondary N) is 1. The molecular formula is C15H24N2OS. The van der Waals surface area contributed by atoms with Gasteiger partial charge in [-0.2, -0.15) is 0 Å². The molecule has 1 aliphatic heterocycles. The lowest BCUT2D eigenvalue weighted by molar-refractivity contribution is 0.291. The van der Waals surface area contributed by atoms with E-state index in [-0.39, 0.29) is 0 Å². The summed E-state index contributed by atoms with van der Waals surface area (Å²) < 4.78 is 11.3. The Hall–Kier alpha value is -0.710. The van der Waals surface area contributed by atoms with Gasteiger partial charge in [-0.3, -0.25) is 9.11 Å². The van der Waals surface area contributed by atoms with Gasteiger partial charge in [0.15, 0.2) is 0 Å². The van der Waals surface area contributed by atoms with Gasteiger partial charge in [0.05, 0.1) is 0 Å². The molecule has 2 rings (SSSR count). The van der Waals surface area contributed by atoms with Crippen LogP contribution in [-0.4, -0.2) is 47.3 Å². The number of nitrogens with zero attached hydrogens (tertiary/aromatic N) is 1. The van der Waals surface area contributed by atoms with Crippen molar-refractivity contribution < 1.29 is 4.21 Å². The largest absolute Gasteiger partial charge is 0.319 e. The van der Waals surface area contributed by atoms with Crippen molar-refractivity contribution in [2.75, 3.05) is 38.2 Å². The highest BCUT2D eigenvalue weighted by atomic mass is 32.2. The van der Waals surface area contributed by atoms with Gasteiger partial charge in [-0.25, -0.2) is 0 Å². The number of hydrogen-bond donors (Lipinski definition) is 1. The van der Waals surface area contributed by atoms with E-state index in [4.69, 9.17) is 0 Å². The van der Waals surface area contributed by atoms with Crippen molar-refractivity contribution in [1.82, 2.24) is 10.2 Å². The Morgan fingerprint density at radius 2 is 1.89 bits per heavy atom. The summed E-state index contributed by atoms with van der Waals surface area (Å²) in [5.41, 5.74) is 2.74. The molecule has 0 aromatic heterocycles. The number of hydrogen-bond acceptors (Lipinski definition) is 3. The van der Waals surface area contributed by atoms with Crippen LogP contribution in [0.15, 0.2) is 24.3 Å². The zero-order valence-corrected chi connectivity index (χ0v) is 12.7. The maximum atomic E-state index is 11.3. The quantitative estimate of drug-likeness (QED) is 0.889. The van der Waals surface area contributed by atoms with Crippen molar-refractivity contribution in [3.05, 3.63) is 35.4 Å². The van der Waals surface area contributed by atoms with Crippen LogP contribution in [0.5, 0.6) is 0 Å². The number of benzene rings is 1. The van der Waals surface area contributed by atoms with Gasteiger partial charge in [-0.1, -0.05) is 31.2 Å². The van der Waals surface area contributed by atoms with Crippen molar-refractivity contribution in [1.29, 1.82) is 0 Å². The molecule has 1 aromatic carbocycles.